The summed E-state index contributed by atoms with van der Waals surface area (Å²) >= 11 is 5.94. The third kappa shape index (κ3) is 4.31. The van der Waals surface area contributed by atoms with Gasteiger partial charge in [-0.1, -0.05) is 17.7 Å². The van der Waals surface area contributed by atoms with E-state index in [4.69, 9.17) is 17.3 Å². The lowest BCUT2D eigenvalue weighted by Crippen LogP contribution is -2.50. The van der Waals surface area contributed by atoms with Crippen molar-refractivity contribution in [2.24, 2.45) is 5.73 Å². The van der Waals surface area contributed by atoms with Crippen LogP contribution in [-0.4, -0.2) is 43.2 Å². The molecule has 0 radical (unpaired) electrons. The first-order valence-electron chi connectivity index (χ1n) is 6.72. The Morgan fingerprint density at radius 1 is 1.50 bits per heavy atom. The molecule has 5 nitrogen and oxygen atoms in total. The number of halogens is 3. The number of benzene rings is 1. The van der Waals surface area contributed by atoms with Gasteiger partial charge < -0.3 is 5.73 Å². The minimum absolute atomic E-state index is 0. The fourth-order valence-electron chi connectivity index (χ4n) is 2.37. The Morgan fingerprint density at radius 3 is 2.77 bits per heavy atom. The van der Waals surface area contributed by atoms with Gasteiger partial charge in [0.25, 0.3) is 10.2 Å². The molecule has 2 N–H and O–H groups in total. The zero-order chi connectivity index (χ0) is 15.6. The smallest absolute Gasteiger partial charge is 0.282 e. The summed E-state index contributed by atoms with van der Waals surface area (Å²) in [6, 6.07) is 4.13. The van der Waals surface area contributed by atoms with Crippen molar-refractivity contribution in [3.8, 4) is 0 Å². The second kappa shape index (κ2) is 7.90. The maximum absolute atomic E-state index is 13.8. The molecule has 0 amide bonds. The van der Waals surface area contributed by atoms with Crippen LogP contribution >= 0.6 is 24.0 Å². The van der Waals surface area contributed by atoms with E-state index >= 15 is 0 Å². The van der Waals surface area contributed by atoms with Crippen LogP contribution in [0.3, 0.4) is 0 Å². The van der Waals surface area contributed by atoms with Gasteiger partial charge >= 0.3 is 0 Å². The quantitative estimate of drug-likeness (QED) is 0.879. The first kappa shape index (κ1) is 19.6. The SMILES string of the molecule is CN(Cc1c(F)cccc1Cl)S(=O)(=O)N1CCCC(N)C1.Cl. The van der Waals surface area contributed by atoms with Gasteiger partial charge in [-0.15, -0.1) is 12.4 Å². The molecule has 126 valence electrons. The van der Waals surface area contributed by atoms with Crippen LogP contribution in [0.2, 0.25) is 5.02 Å². The van der Waals surface area contributed by atoms with Crippen LogP contribution in [0.1, 0.15) is 18.4 Å². The molecule has 1 aromatic carbocycles. The molecule has 0 bridgehead atoms. The summed E-state index contributed by atoms with van der Waals surface area (Å²) in [5.41, 5.74) is 5.99. The molecule has 1 aliphatic rings. The Balaban J connectivity index is 0.00000242. The molecule has 9 heteroatoms. The average Bonchev–Trinajstić information content (AvgIpc) is 2.42. The lowest BCUT2D eigenvalue weighted by molar-refractivity contribution is 0.291. The van der Waals surface area contributed by atoms with Crippen molar-refractivity contribution < 1.29 is 12.8 Å². The van der Waals surface area contributed by atoms with Gasteiger partial charge in [0.2, 0.25) is 0 Å². The van der Waals surface area contributed by atoms with Gasteiger partial charge in [-0.2, -0.15) is 17.0 Å². The van der Waals surface area contributed by atoms with E-state index in [1.807, 2.05) is 0 Å². The molecular weight excluding hydrogens is 352 g/mol. The number of nitrogens with zero attached hydrogens (tertiary/aromatic N) is 2. The fraction of sp³-hybridized carbons (Fsp3) is 0.538. The molecule has 0 aliphatic carbocycles. The summed E-state index contributed by atoms with van der Waals surface area (Å²) in [6.45, 7) is 0.614. The van der Waals surface area contributed by atoms with E-state index in [9.17, 15) is 12.8 Å². The molecular formula is C13H20Cl2FN3O2S. The van der Waals surface area contributed by atoms with E-state index in [1.54, 1.807) is 0 Å². The normalized spacial score (nSPS) is 20.0. The van der Waals surface area contributed by atoms with E-state index in [1.165, 1.54) is 29.6 Å². The minimum Gasteiger partial charge on any atom is -0.327 e. The average molecular weight is 372 g/mol. The third-order valence-electron chi connectivity index (χ3n) is 3.58. The van der Waals surface area contributed by atoms with Gasteiger partial charge in [0.15, 0.2) is 0 Å². The van der Waals surface area contributed by atoms with Crippen LogP contribution in [0.5, 0.6) is 0 Å². The predicted octanol–water partition coefficient (Wildman–Crippen LogP) is 2.00. The van der Waals surface area contributed by atoms with Gasteiger partial charge in [0.1, 0.15) is 5.82 Å². The highest BCUT2D eigenvalue weighted by Crippen LogP contribution is 2.23. The highest BCUT2D eigenvalue weighted by atomic mass is 35.5. The molecule has 0 saturated carbocycles. The Kier molecular flexibility index (Phi) is 7.04. The summed E-state index contributed by atoms with van der Waals surface area (Å²) in [5, 5.41) is 0.215. The summed E-state index contributed by atoms with van der Waals surface area (Å²) in [5.74, 6) is -0.514. The molecule has 1 heterocycles. The minimum atomic E-state index is -3.67. The van der Waals surface area contributed by atoms with Crippen LogP contribution in [-0.2, 0) is 16.8 Å². The molecule has 1 fully saturated rings. The summed E-state index contributed by atoms with van der Waals surface area (Å²) in [4.78, 5) is 0. The standard InChI is InChI=1S/C13H19ClFN3O2S.ClH/c1-17(9-11-12(14)5-2-6-13(11)15)21(19,20)18-7-3-4-10(16)8-18;/h2,5-6,10H,3-4,7-9,16H2,1H3;1H. The molecule has 22 heavy (non-hydrogen) atoms. The largest absolute Gasteiger partial charge is 0.327 e. The zero-order valence-electron chi connectivity index (χ0n) is 12.2. The van der Waals surface area contributed by atoms with Crippen LogP contribution in [0.25, 0.3) is 0 Å². The van der Waals surface area contributed by atoms with Crippen LogP contribution < -0.4 is 5.73 Å². The van der Waals surface area contributed by atoms with Crippen LogP contribution in [0.4, 0.5) is 4.39 Å². The topological polar surface area (TPSA) is 66.6 Å². The monoisotopic (exact) mass is 371 g/mol. The van der Waals surface area contributed by atoms with Gasteiger partial charge in [0.05, 0.1) is 0 Å². The van der Waals surface area contributed by atoms with Crippen molar-refractivity contribution in [1.82, 2.24) is 8.61 Å². The van der Waals surface area contributed by atoms with Crippen molar-refractivity contribution in [3.05, 3.63) is 34.6 Å². The van der Waals surface area contributed by atoms with E-state index in [-0.39, 0.29) is 42.1 Å². The maximum atomic E-state index is 13.8. The van der Waals surface area contributed by atoms with E-state index in [0.29, 0.717) is 6.54 Å². The lowest BCUT2D eigenvalue weighted by Gasteiger charge is -2.33. The highest BCUT2D eigenvalue weighted by Gasteiger charge is 2.31. The zero-order valence-corrected chi connectivity index (χ0v) is 14.6. The Bertz CT molecular complexity index is 595. The first-order chi connectivity index (χ1) is 9.82. The lowest BCUT2D eigenvalue weighted by atomic mass is 10.1. The molecule has 0 spiro atoms. The number of piperidine rings is 1. The van der Waals surface area contributed by atoms with E-state index in [0.717, 1.165) is 17.1 Å². The molecule has 1 saturated heterocycles. The second-order valence-corrected chi connectivity index (χ2v) is 7.67. The number of hydrogen-bond donors (Lipinski definition) is 1. The third-order valence-corrected chi connectivity index (χ3v) is 5.84. The molecule has 1 unspecified atom stereocenters. The van der Waals surface area contributed by atoms with Gasteiger partial charge in [-0.3, -0.25) is 0 Å². The van der Waals surface area contributed by atoms with Crippen molar-refractivity contribution in [2.75, 3.05) is 20.1 Å². The number of nitrogens with two attached hydrogens (primary N) is 1. The molecule has 2 rings (SSSR count). The Morgan fingerprint density at radius 2 is 2.18 bits per heavy atom. The maximum Gasteiger partial charge on any atom is 0.282 e. The highest BCUT2D eigenvalue weighted by molar-refractivity contribution is 7.86. The van der Waals surface area contributed by atoms with Crippen molar-refractivity contribution in [3.63, 3.8) is 0 Å². The van der Waals surface area contributed by atoms with Crippen molar-refractivity contribution in [2.45, 2.75) is 25.4 Å². The molecule has 1 aromatic rings. The molecule has 0 aromatic heterocycles. The Hall–Kier alpha value is -0.440. The van der Waals surface area contributed by atoms with Gasteiger partial charge in [-0.05, 0) is 25.0 Å². The fourth-order valence-corrected chi connectivity index (χ4v) is 4.02. The van der Waals surface area contributed by atoms with E-state index < -0.39 is 16.0 Å². The van der Waals surface area contributed by atoms with Crippen LogP contribution in [0.15, 0.2) is 18.2 Å². The van der Waals surface area contributed by atoms with Crippen molar-refractivity contribution >= 4 is 34.2 Å². The summed E-state index contributed by atoms with van der Waals surface area (Å²) in [6.07, 6.45) is 1.55. The number of rotatable bonds is 4. The van der Waals surface area contributed by atoms with Gasteiger partial charge in [-0.25, -0.2) is 4.39 Å². The van der Waals surface area contributed by atoms with Crippen molar-refractivity contribution in [1.29, 1.82) is 0 Å². The predicted molar refractivity (Wildman–Crippen MR) is 87.8 cm³/mol. The summed E-state index contributed by atoms with van der Waals surface area (Å²) < 4.78 is 41.2. The van der Waals surface area contributed by atoms with E-state index in [2.05, 4.69) is 0 Å². The molecule has 1 aliphatic heterocycles. The number of hydrogen-bond acceptors (Lipinski definition) is 3. The van der Waals surface area contributed by atoms with Crippen LogP contribution in [0, 0.1) is 5.82 Å². The Labute approximate surface area is 141 Å². The van der Waals surface area contributed by atoms with Gasteiger partial charge in [0, 0.05) is 43.3 Å². The second-order valence-electron chi connectivity index (χ2n) is 5.22. The first-order valence-corrected chi connectivity index (χ1v) is 8.49. The molecule has 1 atom stereocenters. The summed E-state index contributed by atoms with van der Waals surface area (Å²) in [7, 11) is -2.25.